The highest BCUT2D eigenvalue weighted by atomic mass is 35.5. The number of nitrogens with one attached hydrogen (secondary N) is 2. The maximum Gasteiger partial charge on any atom is 0.272 e. The van der Waals surface area contributed by atoms with Gasteiger partial charge in [-0.2, -0.15) is 5.10 Å². The standard InChI is InChI=1S/C18H28N4O.ClH/c23-18(20-17-11-15(17)13-5-2-1-3-6-13)16-8-10-22(21-16)14-7-4-9-19-12-14;/h8,10,13-15,17,19H,1-7,9,11-12H2,(H,20,23);1H. The van der Waals surface area contributed by atoms with Crippen molar-refractivity contribution in [3.05, 3.63) is 18.0 Å². The van der Waals surface area contributed by atoms with Gasteiger partial charge in [0.15, 0.2) is 0 Å². The maximum absolute atomic E-state index is 12.4. The summed E-state index contributed by atoms with van der Waals surface area (Å²) in [5, 5.41) is 11.1. The number of carbonyl (C=O) groups excluding carboxylic acids is 1. The van der Waals surface area contributed by atoms with E-state index in [2.05, 4.69) is 15.7 Å². The van der Waals surface area contributed by atoms with Crippen LogP contribution in [0.15, 0.2) is 12.3 Å². The van der Waals surface area contributed by atoms with Gasteiger partial charge in [0.1, 0.15) is 5.69 Å². The first-order valence-electron chi connectivity index (χ1n) is 9.38. The largest absolute Gasteiger partial charge is 0.348 e. The number of hydrogen-bond donors (Lipinski definition) is 2. The minimum atomic E-state index is 0. The predicted molar refractivity (Wildman–Crippen MR) is 96.6 cm³/mol. The van der Waals surface area contributed by atoms with Gasteiger partial charge in [0, 0.05) is 18.8 Å². The number of rotatable bonds is 4. The van der Waals surface area contributed by atoms with Crippen molar-refractivity contribution in [3.63, 3.8) is 0 Å². The van der Waals surface area contributed by atoms with Crippen molar-refractivity contribution in [1.82, 2.24) is 20.4 Å². The van der Waals surface area contributed by atoms with Crippen LogP contribution in [0, 0.1) is 11.8 Å². The predicted octanol–water partition coefficient (Wildman–Crippen LogP) is 2.93. The van der Waals surface area contributed by atoms with E-state index in [4.69, 9.17) is 0 Å². The van der Waals surface area contributed by atoms with E-state index < -0.39 is 0 Å². The van der Waals surface area contributed by atoms with Crippen LogP contribution in [0.3, 0.4) is 0 Å². The van der Waals surface area contributed by atoms with Crippen molar-refractivity contribution in [2.45, 2.75) is 63.5 Å². The van der Waals surface area contributed by atoms with E-state index in [0.29, 0.717) is 17.8 Å². The number of halogens is 1. The first-order chi connectivity index (χ1) is 11.3. The zero-order valence-electron chi connectivity index (χ0n) is 14.2. The molecule has 4 rings (SSSR count). The highest BCUT2D eigenvalue weighted by molar-refractivity contribution is 5.92. The Morgan fingerprint density at radius 3 is 2.79 bits per heavy atom. The third-order valence-corrected chi connectivity index (χ3v) is 5.90. The van der Waals surface area contributed by atoms with Crippen LogP contribution in [0.25, 0.3) is 0 Å². The summed E-state index contributed by atoms with van der Waals surface area (Å²) in [5.41, 5.74) is 0.574. The molecule has 0 spiro atoms. The van der Waals surface area contributed by atoms with Gasteiger partial charge in [-0.15, -0.1) is 12.4 Å². The van der Waals surface area contributed by atoms with Crippen LogP contribution in [0.1, 0.15) is 67.9 Å². The molecule has 3 fully saturated rings. The Balaban J connectivity index is 0.00000169. The molecule has 3 unspecified atom stereocenters. The molecule has 1 saturated heterocycles. The van der Waals surface area contributed by atoms with Gasteiger partial charge < -0.3 is 10.6 Å². The molecule has 134 valence electrons. The lowest BCUT2D eigenvalue weighted by Crippen LogP contribution is -2.32. The summed E-state index contributed by atoms with van der Waals surface area (Å²) in [7, 11) is 0. The minimum absolute atomic E-state index is 0. The topological polar surface area (TPSA) is 59.0 Å². The third-order valence-electron chi connectivity index (χ3n) is 5.90. The monoisotopic (exact) mass is 352 g/mol. The SMILES string of the molecule is Cl.O=C(NC1CC1C1CCCCC1)c1ccn(C2CCCNC2)n1. The fraction of sp³-hybridized carbons (Fsp3) is 0.778. The van der Waals surface area contributed by atoms with E-state index in [0.717, 1.165) is 31.3 Å². The van der Waals surface area contributed by atoms with E-state index in [-0.39, 0.29) is 18.3 Å². The molecule has 1 aromatic heterocycles. The van der Waals surface area contributed by atoms with E-state index in [1.54, 1.807) is 0 Å². The fourth-order valence-corrected chi connectivity index (χ4v) is 4.43. The van der Waals surface area contributed by atoms with Gasteiger partial charge in [-0.05, 0) is 43.7 Å². The molecule has 2 heterocycles. The molecule has 1 aliphatic heterocycles. The van der Waals surface area contributed by atoms with Crippen LogP contribution in [0.2, 0.25) is 0 Å². The van der Waals surface area contributed by atoms with Crippen LogP contribution in [0.5, 0.6) is 0 Å². The Bertz CT molecular complexity index is 549. The van der Waals surface area contributed by atoms with Gasteiger partial charge in [0.25, 0.3) is 5.91 Å². The molecule has 2 saturated carbocycles. The molecule has 6 heteroatoms. The summed E-state index contributed by atoms with van der Waals surface area (Å²) < 4.78 is 1.96. The Kier molecular flexibility index (Phi) is 5.82. The van der Waals surface area contributed by atoms with Gasteiger partial charge in [0.05, 0.1) is 6.04 Å². The molecule has 3 atom stereocenters. The Labute approximate surface area is 150 Å². The van der Waals surface area contributed by atoms with Crippen LogP contribution >= 0.6 is 12.4 Å². The number of piperidine rings is 1. The first-order valence-corrected chi connectivity index (χ1v) is 9.38. The number of amides is 1. The first kappa shape index (κ1) is 17.7. The van der Waals surface area contributed by atoms with E-state index >= 15 is 0 Å². The zero-order valence-corrected chi connectivity index (χ0v) is 15.1. The summed E-state index contributed by atoms with van der Waals surface area (Å²) in [6.07, 6.45) is 12.3. The Morgan fingerprint density at radius 1 is 1.21 bits per heavy atom. The highest BCUT2D eigenvalue weighted by Gasteiger charge is 2.44. The summed E-state index contributed by atoms with van der Waals surface area (Å²) in [6.45, 7) is 2.05. The van der Waals surface area contributed by atoms with Crippen LogP contribution in [-0.4, -0.2) is 34.8 Å². The van der Waals surface area contributed by atoms with Gasteiger partial charge >= 0.3 is 0 Å². The molecule has 0 bridgehead atoms. The molecule has 0 radical (unpaired) electrons. The van der Waals surface area contributed by atoms with E-state index in [1.165, 1.54) is 44.9 Å². The van der Waals surface area contributed by atoms with E-state index in [9.17, 15) is 4.79 Å². The second-order valence-corrected chi connectivity index (χ2v) is 7.56. The molecular weight excluding hydrogens is 324 g/mol. The molecule has 2 N–H and O–H groups in total. The maximum atomic E-state index is 12.4. The van der Waals surface area contributed by atoms with Crippen molar-refractivity contribution in [2.75, 3.05) is 13.1 Å². The second-order valence-electron chi connectivity index (χ2n) is 7.56. The fourth-order valence-electron chi connectivity index (χ4n) is 4.43. The Hall–Kier alpha value is -1.07. The van der Waals surface area contributed by atoms with Gasteiger partial charge in [-0.1, -0.05) is 32.1 Å². The number of carbonyl (C=O) groups is 1. The molecule has 1 amide bonds. The summed E-state index contributed by atoms with van der Waals surface area (Å²) in [4.78, 5) is 12.4. The molecule has 5 nitrogen and oxygen atoms in total. The smallest absolute Gasteiger partial charge is 0.272 e. The quantitative estimate of drug-likeness (QED) is 0.875. The van der Waals surface area contributed by atoms with Crippen molar-refractivity contribution in [2.24, 2.45) is 11.8 Å². The number of nitrogens with zero attached hydrogens (tertiary/aromatic N) is 2. The van der Waals surface area contributed by atoms with Gasteiger partial charge in [-0.3, -0.25) is 9.48 Å². The minimum Gasteiger partial charge on any atom is -0.348 e. The normalized spacial score (nSPS) is 30.4. The van der Waals surface area contributed by atoms with Crippen molar-refractivity contribution in [1.29, 1.82) is 0 Å². The lowest BCUT2D eigenvalue weighted by molar-refractivity contribution is 0.0940. The van der Waals surface area contributed by atoms with Crippen LogP contribution in [-0.2, 0) is 0 Å². The molecule has 24 heavy (non-hydrogen) atoms. The summed E-state index contributed by atoms with van der Waals surface area (Å²) in [5.74, 6) is 1.58. The lowest BCUT2D eigenvalue weighted by Gasteiger charge is -2.23. The molecule has 1 aromatic rings. The highest BCUT2D eigenvalue weighted by Crippen LogP contribution is 2.44. The average Bonchev–Trinajstić information content (AvgIpc) is 3.19. The zero-order chi connectivity index (χ0) is 15.6. The summed E-state index contributed by atoms with van der Waals surface area (Å²) >= 11 is 0. The van der Waals surface area contributed by atoms with Gasteiger partial charge in [-0.25, -0.2) is 0 Å². The molecule has 3 aliphatic rings. The molecular formula is C18H29ClN4O. The second kappa shape index (κ2) is 7.87. The number of hydrogen-bond acceptors (Lipinski definition) is 3. The van der Waals surface area contributed by atoms with Crippen molar-refractivity contribution >= 4 is 18.3 Å². The molecule has 0 aromatic carbocycles. The van der Waals surface area contributed by atoms with Gasteiger partial charge in [0.2, 0.25) is 0 Å². The van der Waals surface area contributed by atoms with Crippen molar-refractivity contribution in [3.8, 4) is 0 Å². The third kappa shape index (κ3) is 3.94. The van der Waals surface area contributed by atoms with Crippen molar-refractivity contribution < 1.29 is 4.79 Å². The summed E-state index contributed by atoms with van der Waals surface area (Å²) in [6, 6.07) is 2.65. The average molecular weight is 353 g/mol. The number of aromatic nitrogens is 2. The van der Waals surface area contributed by atoms with Crippen LogP contribution < -0.4 is 10.6 Å². The van der Waals surface area contributed by atoms with E-state index in [1.807, 2.05) is 16.9 Å². The van der Waals surface area contributed by atoms with Crippen LogP contribution in [0.4, 0.5) is 0 Å². The molecule has 2 aliphatic carbocycles. The Morgan fingerprint density at radius 2 is 2.04 bits per heavy atom. The lowest BCUT2D eigenvalue weighted by atomic mass is 9.85.